The molecule has 0 aromatic heterocycles. The maximum absolute atomic E-state index is 12.3. The van der Waals surface area contributed by atoms with Crippen LogP contribution in [0.25, 0.3) is 0 Å². The smallest absolute Gasteiger partial charge is 0.303 e. The number of fused-ring (bicyclic) bond motifs is 1. The van der Waals surface area contributed by atoms with Crippen molar-refractivity contribution in [3.05, 3.63) is 71.8 Å². The molecule has 204 valence electrons. The van der Waals surface area contributed by atoms with Gasteiger partial charge in [-0.1, -0.05) is 67.1 Å². The summed E-state index contributed by atoms with van der Waals surface area (Å²) in [6.07, 6.45) is 0.128. The Balaban J connectivity index is 1.49. The van der Waals surface area contributed by atoms with Crippen molar-refractivity contribution in [2.75, 3.05) is 0 Å². The Hall–Kier alpha value is -2.78. The molecule has 1 heterocycles. The average Bonchev–Trinajstić information content (AvgIpc) is 3.27. The molecule has 0 bridgehead atoms. The quantitative estimate of drug-likeness (QED) is 0.467. The lowest BCUT2D eigenvalue weighted by atomic mass is 9.84. The minimum Gasteiger partial charge on any atom is -0.456 e. The molecule has 2 aliphatic carbocycles. The number of ether oxygens (including phenoxy) is 6. The minimum atomic E-state index is -0.940. The first-order valence-electron chi connectivity index (χ1n) is 13.5. The van der Waals surface area contributed by atoms with Gasteiger partial charge >= 0.3 is 11.9 Å². The molecule has 1 saturated heterocycles. The molecule has 38 heavy (non-hydrogen) atoms. The van der Waals surface area contributed by atoms with Crippen molar-refractivity contribution in [1.82, 2.24) is 0 Å². The molecule has 8 heteroatoms. The van der Waals surface area contributed by atoms with Crippen LogP contribution >= 0.6 is 0 Å². The van der Waals surface area contributed by atoms with Crippen LogP contribution in [-0.2, 0) is 51.2 Å². The second kappa shape index (κ2) is 11.9. The minimum absolute atomic E-state index is 0.269. The Morgan fingerprint density at radius 2 is 1.11 bits per heavy atom. The van der Waals surface area contributed by atoms with Gasteiger partial charge in [-0.2, -0.15) is 0 Å². The second-order valence-electron chi connectivity index (χ2n) is 10.3. The van der Waals surface area contributed by atoms with Crippen LogP contribution in [0.1, 0.15) is 57.1 Å². The summed E-state index contributed by atoms with van der Waals surface area (Å²) in [5, 5.41) is 0. The summed E-state index contributed by atoms with van der Waals surface area (Å²) < 4.78 is 37.8. The lowest BCUT2D eigenvalue weighted by molar-refractivity contribution is -0.241. The Morgan fingerprint density at radius 3 is 1.50 bits per heavy atom. The van der Waals surface area contributed by atoms with Gasteiger partial charge in [-0.3, -0.25) is 9.59 Å². The average molecular weight is 525 g/mol. The van der Waals surface area contributed by atoms with Gasteiger partial charge in [0.2, 0.25) is 0 Å². The number of carbonyl (C=O) groups excluding carboxylic acids is 2. The number of hydrogen-bond acceptors (Lipinski definition) is 8. The van der Waals surface area contributed by atoms with Crippen molar-refractivity contribution < 1.29 is 38.0 Å². The second-order valence-corrected chi connectivity index (χ2v) is 10.3. The zero-order chi connectivity index (χ0) is 26.5. The maximum atomic E-state index is 12.3. The van der Waals surface area contributed by atoms with Crippen LogP contribution in [0.3, 0.4) is 0 Å². The summed E-state index contributed by atoms with van der Waals surface area (Å²) in [7, 11) is 0. The number of esters is 2. The van der Waals surface area contributed by atoms with Gasteiger partial charge < -0.3 is 28.4 Å². The first kappa shape index (κ1) is 26.8. The van der Waals surface area contributed by atoms with Crippen LogP contribution < -0.4 is 0 Å². The molecule has 1 aliphatic heterocycles. The third kappa shape index (κ3) is 6.10. The number of rotatable bonds is 8. The molecule has 0 radical (unpaired) electrons. The van der Waals surface area contributed by atoms with E-state index in [2.05, 4.69) is 0 Å². The fraction of sp³-hybridized carbons (Fsp3) is 0.533. The largest absolute Gasteiger partial charge is 0.456 e. The third-order valence-electron chi connectivity index (χ3n) is 7.43. The van der Waals surface area contributed by atoms with Crippen molar-refractivity contribution in [1.29, 1.82) is 0 Å². The van der Waals surface area contributed by atoms with Crippen molar-refractivity contribution in [3.63, 3.8) is 0 Å². The predicted octanol–water partition coefficient (Wildman–Crippen LogP) is 4.48. The summed E-state index contributed by atoms with van der Waals surface area (Å²) in [6, 6.07) is 19.5. The van der Waals surface area contributed by atoms with E-state index in [4.69, 9.17) is 28.4 Å². The van der Waals surface area contributed by atoms with Crippen LogP contribution in [-0.4, -0.2) is 54.3 Å². The van der Waals surface area contributed by atoms with Gasteiger partial charge in [-0.15, -0.1) is 0 Å². The molecule has 6 atom stereocenters. The van der Waals surface area contributed by atoms with Gasteiger partial charge in [0.25, 0.3) is 0 Å². The molecule has 0 amide bonds. The molecule has 2 aromatic carbocycles. The Kier molecular flexibility index (Phi) is 8.43. The number of carbonyl (C=O) groups is 2. The fourth-order valence-corrected chi connectivity index (χ4v) is 5.80. The molecular weight excluding hydrogens is 488 g/mol. The molecular formula is C30H36O8. The van der Waals surface area contributed by atoms with Crippen LogP contribution in [0.15, 0.2) is 60.7 Å². The van der Waals surface area contributed by atoms with Gasteiger partial charge in [0.1, 0.15) is 24.4 Å². The van der Waals surface area contributed by atoms with Crippen molar-refractivity contribution >= 4 is 11.9 Å². The monoisotopic (exact) mass is 524 g/mol. The highest BCUT2D eigenvalue weighted by molar-refractivity contribution is 5.67. The lowest BCUT2D eigenvalue weighted by Crippen LogP contribution is -2.65. The Labute approximate surface area is 223 Å². The summed E-state index contributed by atoms with van der Waals surface area (Å²) in [5.41, 5.74) is 1.92. The highest BCUT2D eigenvalue weighted by Crippen LogP contribution is 2.47. The lowest BCUT2D eigenvalue weighted by Gasteiger charge is -2.45. The first-order valence-corrected chi connectivity index (χ1v) is 13.5. The normalized spacial score (nSPS) is 29.9. The fourth-order valence-electron chi connectivity index (χ4n) is 5.80. The van der Waals surface area contributed by atoms with Crippen LogP contribution in [0.2, 0.25) is 0 Å². The first-order chi connectivity index (χ1) is 18.4. The molecule has 2 saturated carbocycles. The topological polar surface area (TPSA) is 89.5 Å². The van der Waals surface area contributed by atoms with E-state index in [-0.39, 0.29) is 13.2 Å². The standard InChI is InChI=1S/C30H36O8/c1-20(31)35-26-24(33-18-22-12-6-3-7-13-22)28-29(38-30(37-28)16-10-5-11-17-30)25(27(26)36-21(2)32)34-19-23-14-8-4-9-15-23/h3-4,6-9,12-15,24-29H,5,10-11,16-19H2,1-2H3/t24-,25-,26-,27-,28-,29+/m0/s1. The molecule has 3 aliphatic rings. The van der Waals surface area contributed by atoms with Crippen molar-refractivity contribution in [2.24, 2.45) is 0 Å². The number of hydrogen-bond donors (Lipinski definition) is 0. The van der Waals surface area contributed by atoms with E-state index in [1.807, 2.05) is 60.7 Å². The molecule has 0 N–H and O–H groups in total. The van der Waals surface area contributed by atoms with E-state index in [1.54, 1.807) is 0 Å². The van der Waals surface area contributed by atoms with E-state index in [0.717, 1.165) is 43.2 Å². The third-order valence-corrected chi connectivity index (χ3v) is 7.43. The zero-order valence-corrected chi connectivity index (χ0v) is 22.0. The van der Waals surface area contributed by atoms with E-state index >= 15 is 0 Å². The molecule has 2 aromatic rings. The van der Waals surface area contributed by atoms with Crippen LogP contribution in [0.4, 0.5) is 0 Å². The van der Waals surface area contributed by atoms with Gasteiger partial charge in [0.05, 0.1) is 13.2 Å². The Morgan fingerprint density at radius 1 is 0.684 bits per heavy atom. The highest BCUT2D eigenvalue weighted by atomic mass is 16.8. The van der Waals surface area contributed by atoms with Gasteiger partial charge in [0, 0.05) is 26.7 Å². The zero-order valence-electron chi connectivity index (χ0n) is 22.0. The highest BCUT2D eigenvalue weighted by Gasteiger charge is 2.63. The van der Waals surface area contributed by atoms with Crippen molar-refractivity contribution in [2.45, 2.75) is 102 Å². The SMILES string of the molecule is CC(=O)O[C@H]1[C@H](OCc2ccccc2)[C@H]2OC3(CCCCC3)O[C@H]2[C@@H](OCc2ccccc2)[C@@H]1OC(C)=O. The van der Waals surface area contributed by atoms with Crippen LogP contribution in [0, 0.1) is 0 Å². The van der Waals surface area contributed by atoms with Gasteiger partial charge in [0.15, 0.2) is 18.0 Å². The van der Waals surface area contributed by atoms with E-state index < -0.39 is 54.3 Å². The Bertz CT molecular complexity index is 989. The summed E-state index contributed by atoms with van der Waals surface area (Å²) in [6.45, 7) is 3.20. The summed E-state index contributed by atoms with van der Waals surface area (Å²) >= 11 is 0. The van der Waals surface area contributed by atoms with E-state index in [0.29, 0.717) is 0 Å². The molecule has 8 nitrogen and oxygen atoms in total. The molecule has 3 fully saturated rings. The summed E-state index contributed by atoms with van der Waals surface area (Å²) in [4.78, 5) is 24.6. The van der Waals surface area contributed by atoms with E-state index in [1.165, 1.54) is 13.8 Å². The summed E-state index contributed by atoms with van der Waals surface area (Å²) in [5.74, 6) is -1.78. The molecule has 1 spiro atoms. The van der Waals surface area contributed by atoms with Gasteiger partial charge in [-0.25, -0.2) is 0 Å². The van der Waals surface area contributed by atoms with E-state index in [9.17, 15) is 9.59 Å². The van der Waals surface area contributed by atoms with Crippen LogP contribution in [0.5, 0.6) is 0 Å². The molecule has 0 unspecified atom stereocenters. The van der Waals surface area contributed by atoms with Gasteiger partial charge in [-0.05, 0) is 24.0 Å². The maximum Gasteiger partial charge on any atom is 0.303 e. The number of benzene rings is 2. The molecule has 5 rings (SSSR count). The predicted molar refractivity (Wildman–Crippen MR) is 137 cm³/mol. The van der Waals surface area contributed by atoms with Crippen molar-refractivity contribution in [3.8, 4) is 0 Å².